The molecule has 1 aromatic carbocycles. The van der Waals surface area contributed by atoms with Crippen molar-refractivity contribution in [2.45, 2.75) is 64.1 Å². The van der Waals surface area contributed by atoms with Crippen molar-refractivity contribution in [1.82, 2.24) is 5.32 Å². The normalized spacial score (nSPS) is 30.4. The molecule has 19 heavy (non-hydrogen) atoms. The van der Waals surface area contributed by atoms with Crippen LogP contribution in [-0.2, 0) is 0 Å². The molecule has 2 fully saturated rings. The Bertz CT molecular complexity index is 398. The summed E-state index contributed by atoms with van der Waals surface area (Å²) in [5.74, 6) is 0. The molecule has 0 aliphatic carbocycles. The van der Waals surface area contributed by atoms with Gasteiger partial charge in [0.2, 0.25) is 0 Å². The van der Waals surface area contributed by atoms with E-state index in [1.54, 1.807) is 0 Å². The van der Waals surface area contributed by atoms with E-state index in [2.05, 4.69) is 48.3 Å². The minimum atomic E-state index is 0.738. The van der Waals surface area contributed by atoms with Gasteiger partial charge in [-0.2, -0.15) is 0 Å². The summed E-state index contributed by atoms with van der Waals surface area (Å²) < 4.78 is 0. The van der Waals surface area contributed by atoms with Crippen molar-refractivity contribution in [3.8, 4) is 0 Å². The van der Waals surface area contributed by atoms with Gasteiger partial charge in [-0.25, -0.2) is 0 Å². The Morgan fingerprint density at radius 3 is 2.32 bits per heavy atom. The first-order valence-electron chi connectivity index (χ1n) is 7.86. The molecule has 104 valence electrons. The first-order valence-corrected chi connectivity index (χ1v) is 7.86. The molecule has 1 aromatic rings. The molecule has 2 aliphatic rings. The molecule has 2 atom stereocenters. The Balaban J connectivity index is 1.80. The van der Waals surface area contributed by atoms with Crippen LogP contribution in [0.1, 0.15) is 44.6 Å². The van der Waals surface area contributed by atoms with Crippen molar-refractivity contribution in [1.29, 1.82) is 0 Å². The average Bonchev–Trinajstić information content (AvgIpc) is 2.39. The second kappa shape index (κ2) is 5.54. The zero-order valence-corrected chi connectivity index (χ0v) is 12.2. The summed E-state index contributed by atoms with van der Waals surface area (Å²) in [6, 6.07) is 11.4. The number of fused-ring (bicyclic) bond motifs is 2. The van der Waals surface area contributed by atoms with Crippen LogP contribution in [0.4, 0.5) is 5.69 Å². The molecular formula is C17H26N2. The van der Waals surface area contributed by atoms with E-state index in [1.807, 2.05) is 0 Å². The van der Waals surface area contributed by atoms with Crippen molar-refractivity contribution in [2.75, 3.05) is 11.4 Å². The highest BCUT2D eigenvalue weighted by molar-refractivity contribution is 5.50. The van der Waals surface area contributed by atoms with Crippen LogP contribution >= 0.6 is 0 Å². The molecule has 2 unspecified atom stereocenters. The monoisotopic (exact) mass is 258 g/mol. The summed E-state index contributed by atoms with van der Waals surface area (Å²) in [5.41, 5.74) is 2.80. The SMILES string of the molecule is CCNC1CC2CCCC(C1)N2c1ccc(C)cc1. The first kappa shape index (κ1) is 13.0. The number of rotatable bonds is 3. The number of benzene rings is 1. The van der Waals surface area contributed by atoms with Crippen LogP contribution in [0.5, 0.6) is 0 Å². The Hall–Kier alpha value is -1.02. The third-order valence-corrected chi connectivity index (χ3v) is 4.80. The van der Waals surface area contributed by atoms with Gasteiger partial charge in [0, 0.05) is 23.8 Å². The Morgan fingerprint density at radius 1 is 1.11 bits per heavy atom. The molecule has 0 saturated carbocycles. The van der Waals surface area contributed by atoms with Gasteiger partial charge >= 0.3 is 0 Å². The van der Waals surface area contributed by atoms with Gasteiger partial charge in [0.15, 0.2) is 0 Å². The average molecular weight is 258 g/mol. The highest BCUT2D eigenvalue weighted by atomic mass is 15.2. The van der Waals surface area contributed by atoms with E-state index < -0.39 is 0 Å². The largest absolute Gasteiger partial charge is 0.365 e. The number of nitrogens with zero attached hydrogens (tertiary/aromatic N) is 1. The summed E-state index contributed by atoms with van der Waals surface area (Å²) in [6.07, 6.45) is 6.78. The summed E-state index contributed by atoms with van der Waals surface area (Å²) >= 11 is 0. The van der Waals surface area contributed by atoms with Crippen molar-refractivity contribution in [2.24, 2.45) is 0 Å². The Labute approximate surface area is 117 Å². The number of hydrogen-bond donors (Lipinski definition) is 1. The summed E-state index contributed by atoms with van der Waals surface area (Å²) in [5, 5.41) is 3.67. The molecule has 2 heterocycles. The minimum Gasteiger partial charge on any atom is -0.365 e. The highest BCUT2D eigenvalue weighted by Crippen LogP contribution is 2.37. The van der Waals surface area contributed by atoms with Gasteiger partial charge in [0.25, 0.3) is 0 Å². The molecule has 3 rings (SSSR count). The number of anilines is 1. The second-order valence-corrected chi connectivity index (χ2v) is 6.21. The van der Waals surface area contributed by atoms with E-state index in [-0.39, 0.29) is 0 Å². The molecule has 2 nitrogen and oxygen atoms in total. The quantitative estimate of drug-likeness (QED) is 0.892. The van der Waals surface area contributed by atoms with Crippen LogP contribution in [-0.4, -0.2) is 24.7 Å². The standard InChI is InChI=1S/C17H26N2/c1-3-18-14-11-16-5-4-6-17(12-14)19(16)15-9-7-13(2)8-10-15/h7-10,14,16-18H,3-6,11-12H2,1-2H3. The molecule has 2 aliphatic heterocycles. The molecule has 2 bridgehead atoms. The van der Waals surface area contributed by atoms with Crippen LogP contribution < -0.4 is 10.2 Å². The second-order valence-electron chi connectivity index (χ2n) is 6.21. The van der Waals surface area contributed by atoms with Crippen molar-refractivity contribution in [3.05, 3.63) is 29.8 Å². The van der Waals surface area contributed by atoms with Gasteiger partial charge in [0.05, 0.1) is 0 Å². The fraction of sp³-hybridized carbons (Fsp3) is 0.647. The zero-order chi connectivity index (χ0) is 13.2. The van der Waals surface area contributed by atoms with Gasteiger partial charge in [-0.1, -0.05) is 24.6 Å². The van der Waals surface area contributed by atoms with Gasteiger partial charge in [0.1, 0.15) is 0 Å². The molecule has 0 aromatic heterocycles. The molecule has 0 radical (unpaired) electrons. The predicted molar refractivity (Wildman–Crippen MR) is 81.8 cm³/mol. The summed E-state index contributed by atoms with van der Waals surface area (Å²) in [4.78, 5) is 2.72. The number of hydrogen-bond acceptors (Lipinski definition) is 2. The lowest BCUT2D eigenvalue weighted by Gasteiger charge is -2.50. The lowest BCUT2D eigenvalue weighted by Crippen LogP contribution is -2.56. The Morgan fingerprint density at radius 2 is 1.74 bits per heavy atom. The molecule has 1 N–H and O–H groups in total. The third-order valence-electron chi connectivity index (χ3n) is 4.80. The lowest BCUT2D eigenvalue weighted by atomic mass is 9.81. The fourth-order valence-electron chi connectivity index (χ4n) is 3.98. The van der Waals surface area contributed by atoms with Gasteiger partial charge in [-0.05, 0) is 57.7 Å². The van der Waals surface area contributed by atoms with Gasteiger partial charge in [-0.3, -0.25) is 0 Å². The van der Waals surface area contributed by atoms with Crippen LogP contribution in [0.25, 0.3) is 0 Å². The van der Waals surface area contributed by atoms with Gasteiger partial charge < -0.3 is 10.2 Å². The van der Waals surface area contributed by atoms with E-state index in [1.165, 1.54) is 43.4 Å². The number of piperidine rings is 2. The highest BCUT2D eigenvalue weighted by Gasteiger charge is 2.37. The van der Waals surface area contributed by atoms with Gasteiger partial charge in [-0.15, -0.1) is 0 Å². The van der Waals surface area contributed by atoms with Crippen LogP contribution in [0.3, 0.4) is 0 Å². The van der Waals surface area contributed by atoms with E-state index in [0.29, 0.717) is 0 Å². The maximum Gasteiger partial charge on any atom is 0.0371 e. The smallest absolute Gasteiger partial charge is 0.0371 e. The molecule has 2 saturated heterocycles. The van der Waals surface area contributed by atoms with E-state index in [0.717, 1.165) is 24.7 Å². The van der Waals surface area contributed by atoms with Crippen molar-refractivity contribution in [3.63, 3.8) is 0 Å². The zero-order valence-electron chi connectivity index (χ0n) is 12.2. The van der Waals surface area contributed by atoms with E-state index >= 15 is 0 Å². The lowest BCUT2D eigenvalue weighted by molar-refractivity contribution is 0.247. The molecule has 0 amide bonds. The van der Waals surface area contributed by atoms with Crippen LogP contribution in [0, 0.1) is 6.92 Å². The number of aryl methyl sites for hydroxylation is 1. The topological polar surface area (TPSA) is 15.3 Å². The minimum absolute atomic E-state index is 0.738. The van der Waals surface area contributed by atoms with Crippen molar-refractivity contribution < 1.29 is 0 Å². The van der Waals surface area contributed by atoms with E-state index in [4.69, 9.17) is 0 Å². The molecular weight excluding hydrogens is 232 g/mol. The molecule has 0 spiro atoms. The Kier molecular flexibility index (Phi) is 3.79. The van der Waals surface area contributed by atoms with Crippen LogP contribution in [0.2, 0.25) is 0 Å². The third kappa shape index (κ3) is 2.64. The number of nitrogens with one attached hydrogen (secondary N) is 1. The predicted octanol–water partition coefficient (Wildman–Crippen LogP) is 3.49. The summed E-state index contributed by atoms with van der Waals surface area (Å²) in [7, 11) is 0. The summed E-state index contributed by atoms with van der Waals surface area (Å²) in [6.45, 7) is 5.50. The fourth-order valence-corrected chi connectivity index (χ4v) is 3.98. The maximum absolute atomic E-state index is 3.67. The molecule has 2 heteroatoms. The first-order chi connectivity index (χ1) is 9.28. The maximum atomic E-state index is 3.67. The van der Waals surface area contributed by atoms with E-state index in [9.17, 15) is 0 Å². The van der Waals surface area contributed by atoms with Crippen molar-refractivity contribution >= 4 is 5.69 Å². The van der Waals surface area contributed by atoms with Crippen LogP contribution in [0.15, 0.2) is 24.3 Å².